The summed E-state index contributed by atoms with van der Waals surface area (Å²) in [6.45, 7) is 6.07. The highest BCUT2D eigenvalue weighted by atomic mass is 19.2. The zero-order chi connectivity index (χ0) is 23.1. The van der Waals surface area contributed by atoms with Crippen LogP contribution in [-0.4, -0.2) is 48.5 Å². The van der Waals surface area contributed by atoms with Gasteiger partial charge in [0.25, 0.3) is 0 Å². The van der Waals surface area contributed by atoms with Crippen LogP contribution in [0.4, 0.5) is 18.9 Å². The van der Waals surface area contributed by atoms with Crippen molar-refractivity contribution in [3.63, 3.8) is 0 Å². The van der Waals surface area contributed by atoms with Crippen LogP contribution < -0.4 is 16.0 Å². The molecule has 1 aliphatic heterocycles. The summed E-state index contributed by atoms with van der Waals surface area (Å²) >= 11 is 0. The van der Waals surface area contributed by atoms with E-state index in [0.29, 0.717) is 18.5 Å². The fourth-order valence-corrected chi connectivity index (χ4v) is 3.72. The Hall–Kier alpha value is -3.07. The van der Waals surface area contributed by atoms with Crippen molar-refractivity contribution in [2.45, 2.75) is 38.9 Å². The first-order valence-electron chi connectivity index (χ1n) is 10.6. The Morgan fingerprint density at radius 2 is 1.88 bits per heavy atom. The van der Waals surface area contributed by atoms with E-state index in [2.05, 4.69) is 44.9 Å². The maximum atomic E-state index is 13.7. The minimum absolute atomic E-state index is 0.151. The van der Waals surface area contributed by atoms with Crippen LogP contribution in [0.2, 0.25) is 0 Å². The topological polar surface area (TPSA) is 68.8 Å². The first kappa shape index (κ1) is 23.6. The molecule has 1 saturated heterocycles. The molecule has 2 atom stereocenters. The molecule has 1 aliphatic rings. The largest absolute Gasteiger partial charge is 0.357 e. The third-order valence-electron chi connectivity index (χ3n) is 5.31. The highest BCUT2D eigenvalue weighted by Gasteiger charge is 2.29. The molecule has 0 radical (unpaired) electrons. The van der Waals surface area contributed by atoms with Gasteiger partial charge in [0.05, 0.1) is 5.69 Å². The number of halogens is 3. The summed E-state index contributed by atoms with van der Waals surface area (Å²) in [5, 5.41) is 8.66. The lowest BCUT2D eigenvalue weighted by molar-refractivity contribution is -0.114. The second kappa shape index (κ2) is 11.0. The number of hydrogen-bond acceptors (Lipinski definition) is 3. The number of likely N-dealkylation sites (tertiary alicyclic amines) is 1. The van der Waals surface area contributed by atoms with Crippen LogP contribution >= 0.6 is 0 Å². The fraction of sp³-hybridized carbons (Fsp3) is 0.391. The van der Waals surface area contributed by atoms with Crippen molar-refractivity contribution in [1.29, 1.82) is 0 Å². The van der Waals surface area contributed by atoms with E-state index in [9.17, 15) is 18.0 Å². The minimum Gasteiger partial charge on any atom is -0.357 e. The second-order valence-corrected chi connectivity index (χ2v) is 7.81. The number of guanidine groups is 1. The molecule has 32 heavy (non-hydrogen) atoms. The van der Waals surface area contributed by atoms with Crippen LogP contribution in [-0.2, 0) is 11.3 Å². The van der Waals surface area contributed by atoms with E-state index in [0.717, 1.165) is 31.6 Å². The number of rotatable bonds is 7. The van der Waals surface area contributed by atoms with E-state index < -0.39 is 29.0 Å². The average molecular weight is 448 g/mol. The van der Waals surface area contributed by atoms with Gasteiger partial charge in [0, 0.05) is 31.7 Å². The molecule has 0 spiro atoms. The zero-order valence-electron chi connectivity index (χ0n) is 18.2. The molecule has 3 rings (SSSR count). The van der Waals surface area contributed by atoms with Crippen LogP contribution in [0.3, 0.4) is 0 Å². The summed E-state index contributed by atoms with van der Waals surface area (Å²) < 4.78 is 40.1. The number of anilines is 1. The molecule has 1 amide bonds. The van der Waals surface area contributed by atoms with Gasteiger partial charge >= 0.3 is 0 Å². The quantitative estimate of drug-likeness (QED) is 0.346. The van der Waals surface area contributed by atoms with Gasteiger partial charge in [0.15, 0.2) is 23.4 Å². The molecular weight excluding hydrogens is 419 g/mol. The Morgan fingerprint density at radius 3 is 2.59 bits per heavy atom. The predicted octanol–water partition coefficient (Wildman–Crippen LogP) is 3.26. The standard InChI is InChI=1S/C23H28F3N5O/c1-3-27-23(28-12-20(32)30-19-10-9-18(24)21(25)22(19)26)29-17-11-15(2)31(14-17)13-16-7-5-4-6-8-16/h4-10,15,17H,3,11-14H2,1-2H3,(H,30,32)(H2,27,28,29). The molecule has 3 N–H and O–H groups in total. The van der Waals surface area contributed by atoms with Gasteiger partial charge in [-0.25, -0.2) is 18.2 Å². The molecular formula is C23H28F3N5O. The van der Waals surface area contributed by atoms with Crippen LogP contribution in [0.5, 0.6) is 0 Å². The first-order valence-corrected chi connectivity index (χ1v) is 10.6. The number of benzene rings is 2. The fourth-order valence-electron chi connectivity index (χ4n) is 3.72. The molecule has 2 aromatic rings. The van der Waals surface area contributed by atoms with Crippen LogP contribution in [0.15, 0.2) is 47.5 Å². The van der Waals surface area contributed by atoms with E-state index in [1.165, 1.54) is 5.56 Å². The van der Waals surface area contributed by atoms with E-state index in [1.54, 1.807) is 0 Å². The van der Waals surface area contributed by atoms with Gasteiger partial charge in [-0.3, -0.25) is 9.69 Å². The summed E-state index contributed by atoms with van der Waals surface area (Å²) in [6, 6.07) is 12.5. The maximum absolute atomic E-state index is 13.7. The lowest BCUT2D eigenvalue weighted by atomic mass is 10.2. The van der Waals surface area contributed by atoms with Gasteiger partial charge in [-0.1, -0.05) is 30.3 Å². The molecule has 2 unspecified atom stereocenters. The molecule has 6 nitrogen and oxygen atoms in total. The third kappa shape index (κ3) is 6.23. The van der Waals surface area contributed by atoms with Crippen molar-refractivity contribution in [1.82, 2.24) is 15.5 Å². The van der Waals surface area contributed by atoms with Gasteiger partial charge in [-0.15, -0.1) is 0 Å². The maximum Gasteiger partial charge on any atom is 0.246 e. The molecule has 0 saturated carbocycles. The molecule has 1 fully saturated rings. The van der Waals surface area contributed by atoms with Gasteiger partial charge < -0.3 is 16.0 Å². The number of carbonyl (C=O) groups excluding carboxylic acids is 1. The normalized spacial score (nSPS) is 19.1. The van der Waals surface area contributed by atoms with E-state index in [-0.39, 0.29) is 12.6 Å². The molecule has 0 aliphatic carbocycles. The summed E-state index contributed by atoms with van der Waals surface area (Å²) in [5.41, 5.74) is 0.824. The van der Waals surface area contributed by atoms with Crippen LogP contribution in [0.1, 0.15) is 25.8 Å². The Bertz CT molecular complexity index is 954. The van der Waals surface area contributed by atoms with Gasteiger partial charge in [0.2, 0.25) is 5.91 Å². The smallest absolute Gasteiger partial charge is 0.246 e. The molecule has 2 aromatic carbocycles. The minimum atomic E-state index is -1.63. The summed E-state index contributed by atoms with van der Waals surface area (Å²) in [7, 11) is 0. The van der Waals surface area contributed by atoms with Crippen molar-refractivity contribution >= 4 is 17.6 Å². The lowest BCUT2D eigenvalue weighted by Crippen LogP contribution is -2.45. The lowest BCUT2D eigenvalue weighted by Gasteiger charge is -2.21. The molecule has 172 valence electrons. The first-order chi connectivity index (χ1) is 15.4. The number of nitrogens with one attached hydrogen (secondary N) is 3. The summed E-state index contributed by atoms with van der Waals surface area (Å²) in [6.07, 6.45) is 0.920. The Morgan fingerprint density at radius 1 is 1.12 bits per heavy atom. The zero-order valence-corrected chi connectivity index (χ0v) is 18.2. The van der Waals surface area contributed by atoms with Crippen molar-refractivity contribution in [3.05, 3.63) is 65.5 Å². The van der Waals surface area contributed by atoms with Crippen molar-refractivity contribution in [2.75, 3.05) is 25.0 Å². The highest BCUT2D eigenvalue weighted by Crippen LogP contribution is 2.21. The molecule has 0 aromatic heterocycles. The second-order valence-electron chi connectivity index (χ2n) is 7.81. The Kier molecular flexibility index (Phi) is 8.10. The average Bonchev–Trinajstić information content (AvgIpc) is 3.12. The van der Waals surface area contributed by atoms with Gasteiger partial charge in [0.1, 0.15) is 6.54 Å². The Labute approximate surface area is 185 Å². The van der Waals surface area contributed by atoms with Crippen LogP contribution in [0.25, 0.3) is 0 Å². The number of nitrogens with zero attached hydrogens (tertiary/aromatic N) is 2. The van der Waals surface area contributed by atoms with E-state index >= 15 is 0 Å². The molecule has 9 heteroatoms. The van der Waals surface area contributed by atoms with E-state index in [4.69, 9.17) is 0 Å². The highest BCUT2D eigenvalue weighted by molar-refractivity contribution is 5.94. The SMILES string of the molecule is CCNC(=NCC(=O)Nc1ccc(F)c(F)c1F)NC1CC(C)N(Cc2ccccc2)C1. The third-order valence-corrected chi connectivity index (χ3v) is 5.31. The number of amides is 1. The number of aliphatic imine (C=N–C) groups is 1. The van der Waals surface area contributed by atoms with Crippen molar-refractivity contribution < 1.29 is 18.0 Å². The predicted molar refractivity (Wildman–Crippen MR) is 119 cm³/mol. The van der Waals surface area contributed by atoms with Crippen molar-refractivity contribution in [3.8, 4) is 0 Å². The van der Waals surface area contributed by atoms with Crippen LogP contribution in [0, 0.1) is 17.5 Å². The summed E-state index contributed by atoms with van der Waals surface area (Å²) in [4.78, 5) is 18.8. The van der Waals surface area contributed by atoms with E-state index in [1.807, 2.05) is 25.1 Å². The van der Waals surface area contributed by atoms with Gasteiger partial charge in [-0.05, 0) is 38.0 Å². The van der Waals surface area contributed by atoms with Crippen molar-refractivity contribution in [2.24, 2.45) is 4.99 Å². The summed E-state index contributed by atoms with van der Waals surface area (Å²) in [5.74, 6) is -4.56. The monoisotopic (exact) mass is 447 g/mol. The molecule has 0 bridgehead atoms. The number of carbonyl (C=O) groups is 1. The molecule has 1 heterocycles. The Balaban J connectivity index is 1.56. The van der Waals surface area contributed by atoms with Gasteiger partial charge in [-0.2, -0.15) is 0 Å². The number of hydrogen-bond donors (Lipinski definition) is 3.